The van der Waals surface area contributed by atoms with Crippen molar-refractivity contribution in [2.24, 2.45) is 11.5 Å². The molecule has 132 valence electrons. The first kappa shape index (κ1) is 17.1. The Morgan fingerprint density at radius 1 is 1.28 bits per heavy atom. The van der Waals surface area contributed by atoms with Crippen LogP contribution in [0.15, 0.2) is 30.6 Å². The number of anilines is 3. The van der Waals surface area contributed by atoms with E-state index in [9.17, 15) is 9.18 Å². The van der Waals surface area contributed by atoms with Crippen LogP contribution in [0, 0.1) is 5.82 Å². The Bertz CT molecular complexity index is 754. The Morgan fingerprint density at radius 3 is 2.76 bits per heavy atom. The van der Waals surface area contributed by atoms with E-state index < -0.39 is 11.7 Å². The minimum absolute atomic E-state index is 0.0279. The summed E-state index contributed by atoms with van der Waals surface area (Å²) in [6.45, 7) is 0. The van der Waals surface area contributed by atoms with Crippen LogP contribution < -0.4 is 22.1 Å². The molecule has 0 radical (unpaired) electrons. The fraction of sp³-hybridized carbons (Fsp3) is 0.353. The lowest BCUT2D eigenvalue weighted by Crippen LogP contribution is -2.43. The molecule has 1 aliphatic rings. The van der Waals surface area contributed by atoms with Crippen LogP contribution in [0.2, 0.25) is 0 Å². The molecular formula is C17H21FN6O. The molecule has 7 nitrogen and oxygen atoms in total. The van der Waals surface area contributed by atoms with Crippen molar-refractivity contribution in [1.82, 2.24) is 9.97 Å². The van der Waals surface area contributed by atoms with Crippen molar-refractivity contribution in [1.29, 1.82) is 0 Å². The number of carbonyl (C=O) groups excluding carboxylic acids is 1. The van der Waals surface area contributed by atoms with E-state index in [-0.39, 0.29) is 29.3 Å². The fourth-order valence-electron chi connectivity index (χ4n) is 2.96. The van der Waals surface area contributed by atoms with Gasteiger partial charge in [0.25, 0.3) is 5.91 Å². The number of hydrogen-bond donors (Lipinski definition) is 4. The van der Waals surface area contributed by atoms with E-state index >= 15 is 0 Å². The van der Waals surface area contributed by atoms with Crippen molar-refractivity contribution in [2.75, 3.05) is 10.6 Å². The molecule has 2 aromatic rings. The maximum Gasteiger partial charge on any atom is 0.252 e. The number of nitrogens with zero attached hydrogens (tertiary/aromatic N) is 2. The number of halogens is 1. The molecule has 0 aromatic carbocycles. The van der Waals surface area contributed by atoms with Crippen LogP contribution in [-0.2, 0) is 0 Å². The van der Waals surface area contributed by atoms with Crippen LogP contribution in [0.5, 0.6) is 0 Å². The van der Waals surface area contributed by atoms with E-state index in [2.05, 4.69) is 20.6 Å². The van der Waals surface area contributed by atoms with Crippen LogP contribution in [0.3, 0.4) is 0 Å². The third-order valence-electron chi connectivity index (χ3n) is 4.31. The summed E-state index contributed by atoms with van der Waals surface area (Å²) < 4.78 is 14.4. The summed E-state index contributed by atoms with van der Waals surface area (Å²) in [7, 11) is 0. The van der Waals surface area contributed by atoms with Crippen molar-refractivity contribution >= 4 is 23.2 Å². The summed E-state index contributed by atoms with van der Waals surface area (Å²) in [6.07, 6.45) is 7.04. The standard InChI is InChI=1S/C17H21FN6O/c18-12-8-11(15(20)25)16(22-10-4-3-7-21-9-10)24-17(12)23-14-6-2-1-5-13(14)19/h3-4,7-9,13-14H,1-2,5-6,19H2,(H2,20,25)(H2,22,23,24)/t13-,14+/m0/s1. The molecule has 6 N–H and O–H groups in total. The van der Waals surface area contributed by atoms with Crippen LogP contribution in [0.4, 0.5) is 21.7 Å². The minimum atomic E-state index is -0.765. The van der Waals surface area contributed by atoms with Gasteiger partial charge in [-0.15, -0.1) is 0 Å². The summed E-state index contributed by atoms with van der Waals surface area (Å²) in [4.78, 5) is 19.9. The van der Waals surface area contributed by atoms with Gasteiger partial charge >= 0.3 is 0 Å². The lowest BCUT2D eigenvalue weighted by Gasteiger charge is -2.30. The first-order chi connectivity index (χ1) is 12.0. The normalized spacial score (nSPS) is 20.1. The van der Waals surface area contributed by atoms with Crippen molar-refractivity contribution < 1.29 is 9.18 Å². The second kappa shape index (κ2) is 7.43. The minimum Gasteiger partial charge on any atom is -0.365 e. The van der Waals surface area contributed by atoms with E-state index in [1.54, 1.807) is 24.5 Å². The maximum absolute atomic E-state index is 14.4. The summed E-state index contributed by atoms with van der Waals surface area (Å²) in [5.41, 5.74) is 12.0. The summed E-state index contributed by atoms with van der Waals surface area (Å²) in [5, 5.41) is 6.03. The molecule has 0 saturated heterocycles. The number of hydrogen-bond acceptors (Lipinski definition) is 6. The molecule has 8 heteroatoms. The molecule has 1 fully saturated rings. The van der Waals surface area contributed by atoms with E-state index in [1.165, 1.54) is 0 Å². The summed E-state index contributed by atoms with van der Waals surface area (Å²) >= 11 is 0. The molecule has 0 unspecified atom stereocenters. The maximum atomic E-state index is 14.4. The first-order valence-electron chi connectivity index (χ1n) is 8.24. The van der Waals surface area contributed by atoms with Crippen molar-refractivity contribution in [3.8, 4) is 0 Å². The van der Waals surface area contributed by atoms with Crippen LogP contribution in [0.1, 0.15) is 36.0 Å². The third kappa shape index (κ3) is 4.03. The van der Waals surface area contributed by atoms with E-state index in [0.717, 1.165) is 31.7 Å². The lowest BCUT2D eigenvalue weighted by molar-refractivity contribution is 0.100. The Labute approximate surface area is 145 Å². The Morgan fingerprint density at radius 2 is 2.08 bits per heavy atom. The Balaban J connectivity index is 1.91. The molecule has 2 heterocycles. The van der Waals surface area contributed by atoms with Gasteiger partial charge in [0, 0.05) is 18.3 Å². The zero-order valence-electron chi connectivity index (χ0n) is 13.7. The van der Waals surface area contributed by atoms with Gasteiger partial charge in [0.15, 0.2) is 11.6 Å². The number of primary amides is 1. The van der Waals surface area contributed by atoms with Crippen LogP contribution in [-0.4, -0.2) is 28.0 Å². The molecule has 0 aliphatic heterocycles. The highest BCUT2D eigenvalue weighted by atomic mass is 19.1. The van der Waals surface area contributed by atoms with E-state index in [4.69, 9.17) is 11.5 Å². The van der Waals surface area contributed by atoms with Gasteiger partial charge in [-0.25, -0.2) is 9.37 Å². The molecule has 2 atom stereocenters. The molecule has 25 heavy (non-hydrogen) atoms. The summed E-state index contributed by atoms with van der Waals surface area (Å²) in [5.74, 6) is -1.17. The number of carbonyl (C=O) groups is 1. The molecule has 1 saturated carbocycles. The Kier molecular flexibility index (Phi) is 5.08. The quantitative estimate of drug-likeness (QED) is 0.660. The predicted molar refractivity (Wildman–Crippen MR) is 94.1 cm³/mol. The van der Waals surface area contributed by atoms with Crippen LogP contribution in [0.25, 0.3) is 0 Å². The molecule has 1 amide bonds. The average molecular weight is 344 g/mol. The predicted octanol–water partition coefficient (Wildman–Crippen LogP) is 2.14. The first-order valence-corrected chi connectivity index (χ1v) is 8.24. The van der Waals surface area contributed by atoms with Gasteiger partial charge in [0.2, 0.25) is 0 Å². The van der Waals surface area contributed by atoms with Gasteiger partial charge in [0.1, 0.15) is 5.82 Å². The van der Waals surface area contributed by atoms with Crippen LogP contribution >= 0.6 is 0 Å². The van der Waals surface area contributed by atoms with Crippen molar-refractivity contribution in [3.63, 3.8) is 0 Å². The molecule has 0 spiro atoms. The number of amides is 1. The molecule has 0 bridgehead atoms. The zero-order valence-corrected chi connectivity index (χ0v) is 13.7. The van der Waals surface area contributed by atoms with E-state index in [0.29, 0.717) is 5.69 Å². The second-order valence-electron chi connectivity index (χ2n) is 6.15. The monoisotopic (exact) mass is 344 g/mol. The molecule has 3 rings (SSSR count). The number of nitrogens with two attached hydrogens (primary N) is 2. The average Bonchev–Trinajstić information content (AvgIpc) is 2.60. The van der Waals surface area contributed by atoms with E-state index in [1.807, 2.05) is 0 Å². The largest absolute Gasteiger partial charge is 0.365 e. The highest BCUT2D eigenvalue weighted by Crippen LogP contribution is 2.26. The molecular weight excluding hydrogens is 323 g/mol. The topological polar surface area (TPSA) is 119 Å². The fourth-order valence-corrected chi connectivity index (χ4v) is 2.96. The number of aromatic nitrogens is 2. The smallest absolute Gasteiger partial charge is 0.252 e. The lowest BCUT2D eigenvalue weighted by atomic mass is 9.91. The molecule has 1 aliphatic carbocycles. The van der Waals surface area contributed by atoms with Gasteiger partial charge in [-0.3, -0.25) is 9.78 Å². The van der Waals surface area contributed by atoms with Gasteiger partial charge in [0.05, 0.1) is 17.4 Å². The molecule has 2 aromatic heterocycles. The van der Waals surface area contributed by atoms with Crippen molar-refractivity contribution in [3.05, 3.63) is 42.0 Å². The van der Waals surface area contributed by atoms with Gasteiger partial charge in [-0.05, 0) is 31.0 Å². The second-order valence-corrected chi connectivity index (χ2v) is 6.15. The number of nitrogens with one attached hydrogen (secondary N) is 2. The Hall–Kier alpha value is -2.74. The zero-order chi connectivity index (χ0) is 17.8. The SMILES string of the molecule is NC(=O)c1cc(F)c(N[C@@H]2CCCC[C@@H]2N)nc1Nc1cccnc1. The number of pyridine rings is 2. The van der Waals surface area contributed by atoms with Gasteiger partial charge in [-0.1, -0.05) is 12.8 Å². The van der Waals surface area contributed by atoms with Gasteiger partial charge in [-0.2, -0.15) is 0 Å². The van der Waals surface area contributed by atoms with Gasteiger partial charge < -0.3 is 22.1 Å². The third-order valence-corrected chi connectivity index (χ3v) is 4.31. The number of rotatable bonds is 5. The highest BCUT2D eigenvalue weighted by Gasteiger charge is 2.24. The highest BCUT2D eigenvalue weighted by molar-refractivity contribution is 5.98. The van der Waals surface area contributed by atoms with Crippen molar-refractivity contribution in [2.45, 2.75) is 37.8 Å². The summed E-state index contributed by atoms with van der Waals surface area (Å²) in [6, 6.07) is 4.47.